The molecule has 1 saturated heterocycles. The Labute approximate surface area is 162 Å². The highest BCUT2D eigenvalue weighted by Crippen LogP contribution is 2.30. The van der Waals surface area contributed by atoms with Crippen LogP contribution in [0.15, 0.2) is 30.6 Å². The second-order valence-electron chi connectivity index (χ2n) is 7.15. The number of nitrogens with two attached hydrogens (primary N) is 1. The third kappa shape index (κ3) is 3.24. The second-order valence-corrected chi connectivity index (χ2v) is 7.15. The predicted molar refractivity (Wildman–Crippen MR) is 106 cm³/mol. The summed E-state index contributed by atoms with van der Waals surface area (Å²) in [6, 6.07) is 7.27. The monoisotopic (exact) mass is 381 g/mol. The lowest BCUT2D eigenvalue weighted by atomic mass is 10.00. The number of ether oxygens (including phenoxy) is 1. The third-order valence-corrected chi connectivity index (χ3v) is 5.17. The number of fused-ring (bicyclic) bond motifs is 1. The lowest BCUT2D eigenvalue weighted by molar-refractivity contribution is 0.0601. The van der Waals surface area contributed by atoms with Gasteiger partial charge in [0.15, 0.2) is 5.65 Å². The average Bonchev–Trinajstić information content (AvgIpc) is 3.30. The number of aromatic nitrogens is 4. The summed E-state index contributed by atoms with van der Waals surface area (Å²) < 4.78 is 4.85. The topological polar surface area (TPSA) is 122 Å². The second kappa shape index (κ2) is 7.08. The molecule has 3 aromatic rings. The fourth-order valence-electron chi connectivity index (χ4n) is 3.64. The van der Waals surface area contributed by atoms with Crippen molar-refractivity contribution in [2.75, 3.05) is 37.0 Å². The zero-order chi connectivity index (χ0) is 19.7. The van der Waals surface area contributed by atoms with Crippen molar-refractivity contribution in [1.29, 1.82) is 0 Å². The number of benzene rings is 1. The van der Waals surface area contributed by atoms with Gasteiger partial charge in [-0.3, -0.25) is 5.10 Å². The van der Waals surface area contributed by atoms with Gasteiger partial charge in [-0.25, -0.2) is 14.8 Å². The molecule has 0 bridgehead atoms. The largest absolute Gasteiger partial charge is 0.465 e. The number of hydrogen-bond acceptors (Lipinski definition) is 8. The van der Waals surface area contributed by atoms with Gasteiger partial charge in [-0.05, 0) is 25.5 Å². The Hall–Kier alpha value is -3.20. The van der Waals surface area contributed by atoms with Crippen LogP contribution in [-0.4, -0.2) is 58.4 Å². The van der Waals surface area contributed by atoms with Gasteiger partial charge in [0.2, 0.25) is 0 Å². The smallest absolute Gasteiger partial charge is 0.339 e. The molecule has 1 unspecified atom stereocenters. The molecule has 28 heavy (non-hydrogen) atoms. The van der Waals surface area contributed by atoms with Crippen molar-refractivity contribution in [2.45, 2.75) is 18.9 Å². The maximum atomic E-state index is 12.0. The molecule has 1 aliphatic rings. The number of aromatic amines is 1. The Morgan fingerprint density at radius 3 is 3.04 bits per heavy atom. The van der Waals surface area contributed by atoms with Crippen LogP contribution in [0, 0.1) is 6.92 Å². The summed E-state index contributed by atoms with van der Waals surface area (Å²) in [7, 11) is 1.37. The lowest BCUT2D eigenvalue weighted by Gasteiger charge is -2.26. The van der Waals surface area contributed by atoms with E-state index in [1.54, 1.807) is 12.1 Å². The minimum absolute atomic E-state index is 0.374. The first kappa shape index (κ1) is 18.2. The molecule has 0 radical (unpaired) electrons. The van der Waals surface area contributed by atoms with Gasteiger partial charge in [0, 0.05) is 25.3 Å². The Bertz CT molecular complexity index is 1020. The van der Waals surface area contributed by atoms with E-state index in [0.29, 0.717) is 24.3 Å². The molecule has 0 amide bonds. The van der Waals surface area contributed by atoms with Crippen LogP contribution in [0.1, 0.15) is 22.5 Å². The maximum absolute atomic E-state index is 12.0. The molecule has 2 aromatic heterocycles. The van der Waals surface area contributed by atoms with Gasteiger partial charge in [-0.1, -0.05) is 12.1 Å². The van der Waals surface area contributed by atoms with Gasteiger partial charge in [0.05, 0.1) is 29.3 Å². The summed E-state index contributed by atoms with van der Waals surface area (Å²) in [6.07, 6.45) is 2.33. The Kier molecular flexibility index (Phi) is 4.60. The third-order valence-electron chi connectivity index (χ3n) is 5.17. The number of carbonyl (C=O) groups excluding carboxylic acids is 1. The zero-order valence-corrected chi connectivity index (χ0v) is 15.9. The molecular formula is C19H23N7O2. The molecule has 1 fully saturated rings. The Balaban J connectivity index is 1.51. The number of nitrogens with one attached hydrogen (secondary N) is 2. The lowest BCUT2D eigenvalue weighted by Crippen LogP contribution is -2.48. The Morgan fingerprint density at radius 1 is 1.39 bits per heavy atom. The number of H-pyrrole nitrogens is 1. The van der Waals surface area contributed by atoms with E-state index in [1.165, 1.54) is 13.4 Å². The van der Waals surface area contributed by atoms with Crippen LogP contribution in [0.3, 0.4) is 0 Å². The number of methoxy groups -OCH3 is 1. The van der Waals surface area contributed by atoms with E-state index in [0.717, 1.165) is 35.5 Å². The van der Waals surface area contributed by atoms with Gasteiger partial charge in [-0.2, -0.15) is 5.10 Å². The highest BCUT2D eigenvalue weighted by atomic mass is 16.5. The number of anilines is 2. The van der Waals surface area contributed by atoms with E-state index in [1.807, 2.05) is 19.1 Å². The van der Waals surface area contributed by atoms with Crippen LogP contribution < -0.4 is 16.0 Å². The maximum Gasteiger partial charge on any atom is 0.339 e. The average molecular weight is 381 g/mol. The number of rotatable bonds is 5. The van der Waals surface area contributed by atoms with Crippen molar-refractivity contribution in [3.8, 4) is 0 Å². The highest BCUT2D eigenvalue weighted by molar-refractivity contribution is 5.95. The number of aryl methyl sites for hydroxylation is 1. The van der Waals surface area contributed by atoms with Gasteiger partial charge in [-0.15, -0.1) is 0 Å². The normalized spacial score (nSPS) is 19.2. The zero-order valence-electron chi connectivity index (χ0n) is 15.9. The summed E-state index contributed by atoms with van der Waals surface area (Å²) in [5, 5.41) is 11.4. The molecule has 4 N–H and O–H groups in total. The van der Waals surface area contributed by atoms with Crippen molar-refractivity contribution in [2.24, 2.45) is 5.73 Å². The van der Waals surface area contributed by atoms with Gasteiger partial charge < -0.3 is 20.7 Å². The molecule has 1 aliphatic heterocycles. The van der Waals surface area contributed by atoms with Crippen LogP contribution in [0.2, 0.25) is 0 Å². The van der Waals surface area contributed by atoms with E-state index < -0.39 is 5.54 Å². The SMILES string of the molecule is COC(=O)c1ccccc1NCC1(N)CCN(c2ncnc3[nH]nc(C)c23)C1. The highest BCUT2D eigenvalue weighted by Gasteiger charge is 2.36. The molecule has 1 atom stereocenters. The molecule has 146 valence electrons. The first-order valence-electron chi connectivity index (χ1n) is 9.11. The molecule has 0 spiro atoms. The summed E-state index contributed by atoms with van der Waals surface area (Å²) >= 11 is 0. The van der Waals surface area contributed by atoms with Crippen LogP contribution >= 0.6 is 0 Å². The first-order chi connectivity index (χ1) is 13.5. The predicted octanol–water partition coefficient (Wildman–Crippen LogP) is 1.47. The van der Waals surface area contributed by atoms with Crippen LogP contribution in [0.5, 0.6) is 0 Å². The fraction of sp³-hybridized carbons (Fsp3) is 0.368. The number of esters is 1. The fourth-order valence-corrected chi connectivity index (χ4v) is 3.64. The van der Waals surface area contributed by atoms with E-state index in [4.69, 9.17) is 10.5 Å². The van der Waals surface area contributed by atoms with Crippen molar-refractivity contribution in [3.05, 3.63) is 41.9 Å². The van der Waals surface area contributed by atoms with E-state index in [9.17, 15) is 4.79 Å². The summed E-state index contributed by atoms with van der Waals surface area (Å²) in [4.78, 5) is 22.8. The van der Waals surface area contributed by atoms with E-state index in [2.05, 4.69) is 30.4 Å². The molecule has 1 aromatic carbocycles. The summed E-state index contributed by atoms with van der Waals surface area (Å²) in [5.74, 6) is 0.472. The molecule has 0 aliphatic carbocycles. The van der Waals surface area contributed by atoms with Crippen LogP contribution in [-0.2, 0) is 4.74 Å². The van der Waals surface area contributed by atoms with Crippen LogP contribution in [0.4, 0.5) is 11.5 Å². The van der Waals surface area contributed by atoms with Gasteiger partial charge in [0.1, 0.15) is 12.1 Å². The van der Waals surface area contributed by atoms with Crippen molar-refractivity contribution in [1.82, 2.24) is 20.2 Å². The van der Waals surface area contributed by atoms with Crippen molar-refractivity contribution in [3.63, 3.8) is 0 Å². The van der Waals surface area contributed by atoms with E-state index >= 15 is 0 Å². The number of para-hydroxylation sites is 1. The number of carbonyl (C=O) groups is 1. The Morgan fingerprint density at radius 2 is 2.21 bits per heavy atom. The molecule has 9 nitrogen and oxygen atoms in total. The molecule has 3 heterocycles. The minimum atomic E-state index is -0.460. The van der Waals surface area contributed by atoms with Gasteiger partial charge in [0.25, 0.3) is 0 Å². The molecule has 9 heteroatoms. The van der Waals surface area contributed by atoms with Crippen molar-refractivity contribution >= 4 is 28.5 Å². The molecular weight excluding hydrogens is 358 g/mol. The first-order valence-corrected chi connectivity index (χ1v) is 9.11. The quantitative estimate of drug-likeness (QED) is 0.568. The minimum Gasteiger partial charge on any atom is -0.465 e. The number of hydrogen-bond donors (Lipinski definition) is 3. The van der Waals surface area contributed by atoms with Crippen molar-refractivity contribution < 1.29 is 9.53 Å². The molecule has 0 saturated carbocycles. The van der Waals surface area contributed by atoms with Crippen LogP contribution in [0.25, 0.3) is 11.0 Å². The van der Waals surface area contributed by atoms with Gasteiger partial charge >= 0.3 is 5.97 Å². The van der Waals surface area contributed by atoms with E-state index in [-0.39, 0.29) is 5.97 Å². The standard InChI is InChI=1S/C19H23N7O2/c1-12-15-16(25-24-12)22-11-23-17(15)26-8-7-19(20,10-26)9-21-14-6-4-3-5-13(14)18(27)28-2/h3-6,11,21H,7-10,20H2,1-2H3,(H,22,23,24,25). The molecule has 4 rings (SSSR count). The summed E-state index contributed by atoms with van der Waals surface area (Å²) in [6.45, 7) is 3.88. The summed E-state index contributed by atoms with van der Waals surface area (Å²) in [5.41, 5.74) is 9.00. The number of nitrogens with zero attached hydrogens (tertiary/aromatic N) is 4.